The Bertz CT molecular complexity index is 830. The number of rotatable bonds is 6. The molecule has 0 atom stereocenters. The van der Waals surface area contributed by atoms with Gasteiger partial charge < -0.3 is 5.32 Å². The van der Waals surface area contributed by atoms with E-state index in [9.17, 15) is 4.79 Å². The molecule has 1 amide bonds. The van der Waals surface area contributed by atoms with Gasteiger partial charge in [0.1, 0.15) is 5.71 Å². The lowest BCUT2D eigenvalue weighted by Gasteiger charge is -2.05. The number of hydrogen-bond acceptors (Lipinski definition) is 3. The van der Waals surface area contributed by atoms with Gasteiger partial charge in [-0.3, -0.25) is 14.8 Å². The van der Waals surface area contributed by atoms with Crippen molar-refractivity contribution >= 4 is 23.4 Å². The molecule has 1 aliphatic rings. The Morgan fingerprint density at radius 3 is 2.80 bits per heavy atom. The van der Waals surface area contributed by atoms with E-state index in [0.29, 0.717) is 11.6 Å². The van der Waals surface area contributed by atoms with Crippen LogP contribution in [0.1, 0.15) is 35.6 Å². The molecule has 1 fully saturated rings. The predicted octanol–water partition coefficient (Wildman–Crippen LogP) is 4.50. The molecule has 0 spiro atoms. The molecule has 4 nitrogen and oxygen atoms in total. The van der Waals surface area contributed by atoms with E-state index in [2.05, 4.69) is 27.9 Å². The molecular weight excluding hydrogens is 310 g/mol. The molecule has 0 radical (unpaired) electrons. The first-order valence-corrected chi connectivity index (χ1v) is 8.36. The highest BCUT2D eigenvalue weighted by Gasteiger charge is 2.24. The lowest BCUT2D eigenvalue weighted by atomic mass is 10.2. The van der Waals surface area contributed by atoms with Gasteiger partial charge in [0, 0.05) is 29.7 Å². The molecule has 0 saturated heterocycles. The van der Waals surface area contributed by atoms with Crippen LogP contribution in [0.4, 0.5) is 5.69 Å². The molecule has 1 saturated carbocycles. The van der Waals surface area contributed by atoms with E-state index in [-0.39, 0.29) is 5.91 Å². The summed E-state index contributed by atoms with van der Waals surface area (Å²) in [6.45, 7) is 5.56. The second-order valence-corrected chi connectivity index (χ2v) is 6.14. The monoisotopic (exact) mass is 331 g/mol. The third kappa shape index (κ3) is 4.73. The topological polar surface area (TPSA) is 54.4 Å². The van der Waals surface area contributed by atoms with Crippen LogP contribution in [0.3, 0.4) is 0 Å². The molecule has 3 rings (SSSR count). The van der Waals surface area contributed by atoms with Crippen LogP contribution in [-0.2, 0) is 4.79 Å². The Morgan fingerprint density at radius 2 is 2.16 bits per heavy atom. The van der Waals surface area contributed by atoms with E-state index in [1.54, 1.807) is 6.08 Å². The fourth-order valence-corrected chi connectivity index (χ4v) is 2.50. The zero-order valence-corrected chi connectivity index (χ0v) is 14.3. The van der Waals surface area contributed by atoms with Crippen molar-refractivity contribution in [3.8, 4) is 0 Å². The molecule has 1 N–H and O–H groups in total. The number of aliphatic imine (C=N–C) groups is 1. The van der Waals surface area contributed by atoms with Gasteiger partial charge >= 0.3 is 0 Å². The Balaban J connectivity index is 1.70. The first-order valence-electron chi connectivity index (χ1n) is 8.36. The lowest BCUT2D eigenvalue weighted by molar-refractivity contribution is -0.110. The van der Waals surface area contributed by atoms with Crippen LogP contribution in [0.25, 0.3) is 6.08 Å². The second-order valence-electron chi connectivity index (χ2n) is 6.14. The van der Waals surface area contributed by atoms with Gasteiger partial charge in [-0.2, -0.15) is 0 Å². The van der Waals surface area contributed by atoms with Crippen LogP contribution in [0, 0.1) is 6.92 Å². The van der Waals surface area contributed by atoms with E-state index in [1.807, 2.05) is 49.5 Å². The van der Waals surface area contributed by atoms with Gasteiger partial charge in [0.05, 0.1) is 0 Å². The standard InChI is InChI=1S/C21H21N3O/c1-3-22-20(21(25)24-18-6-4-5-15(2)13-18)12-8-16-7-11-19(23-14-16)17-9-10-17/h3-8,11-14,17H,1,9-10H2,2H3,(H,24,25)/b12-8+,22-20+. The molecule has 126 valence electrons. The number of benzene rings is 1. The van der Waals surface area contributed by atoms with Crippen molar-refractivity contribution in [2.75, 3.05) is 5.32 Å². The maximum Gasteiger partial charge on any atom is 0.274 e. The van der Waals surface area contributed by atoms with E-state index >= 15 is 0 Å². The Hall–Kier alpha value is -3.01. The van der Waals surface area contributed by atoms with Crippen molar-refractivity contribution in [3.63, 3.8) is 0 Å². The summed E-state index contributed by atoms with van der Waals surface area (Å²) in [5.41, 5.74) is 4.20. The number of carbonyl (C=O) groups is 1. The third-order valence-electron chi connectivity index (χ3n) is 3.98. The van der Waals surface area contributed by atoms with E-state index in [0.717, 1.165) is 22.5 Å². The van der Waals surface area contributed by atoms with Crippen molar-refractivity contribution in [1.29, 1.82) is 0 Å². The maximum atomic E-state index is 12.4. The predicted molar refractivity (Wildman–Crippen MR) is 103 cm³/mol. The van der Waals surface area contributed by atoms with Crippen LogP contribution in [0.15, 0.2) is 66.4 Å². The number of hydrogen-bond donors (Lipinski definition) is 1. The molecule has 4 heteroatoms. The first kappa shape index (κ1) is 16.8. The SMILES string of the molecule is C=C/N=C(\C=C\c1ccc(C2CC2)nc1)C(=O)Nc1cccc(C)c1. The normalized spacial score (nSPS) is 14.5. The number of pyridine rings is 1. The summed E-state index contributed by atoms with van der Waals surface area (Å²) >= 11 is 0. The summed E-state index contributed by atoms with van der Waals surface area (Å²) in [5.74, 6) is 0.361. The average Bonchev–Trinajstić information content (AvgIpc) is 3.44. The zero-order chi connectivity index (χ0) is 17.6. The van der Waals surface area contributed by atoms with Gasteiger partial charge in [-0.1, -0.05) is 30.9 Å². The molecule has 1 aromatic heterocycles. The fraction of sp³-hybridized carbons (Fsp3) is 0.190. The summed E-state index contributed by atoms with van der Waals surface area (Å²) in [6.07, 6.45) is 9.18. The molecule has 1 aliphatic carbocycles. The summed E-state index contributed by atoms with van der Waals surface area (Å²) in [5, 5.41) is 2.85. The van der Waals surface area contributed by atoms with Gasteiger partial charge in [-0.25, -0.2) is 0 Å². The van der Waals surface area contributed by atoms with Crippen molar-refractivity contribution in [1.82, 2.24) is 4.98 Å². The van der Waals surface area contributed by atoms with Crippen molar-refractivity contribution in [2.45, 2.75) is 25.7 Å². The minimum absolute atomic E-state index is 0.274. The average molecular weight is 331 g/mol. The summed E-state index contributed by atoms with van der Waals surface area (Å²) in [6, 6.07) is 11.7. The minimum Gasteiger partial charge on any atom is -0.321 e. The van der Waals surface area contributed by atoms with Crippen LogP contribution in [0.5, 0.6) is 0 Å². The molecule has 0 bridgehead atoms. The number of aryl methyl sites for hydroxylation is 1. The highest BCUT2D eigenvalue weighted by atomic mass is 16.1. The number of nitrogens with one attached hydrogen (secondary N) is 1. The van der Waals surface area contributed by atoms with Gasteiger partial charge in [0.15, 0.2) is 0 Å². The summed E-state index contributed by atoms with van der Waals surface area (Å²) in [4.78, 5) is 21.0. The number of carbonyl (C=O) groups excluding carboxylic acids is 1. The number of aromatic nitrogens is 1. The highest BCUT2D eigenvalue weighted by molar-refractivity contribution is 6.47. The summed E-state index contributed by atoms with van der Waals surface area (Å²) in [7, 11) is 0. The molecule has 25 heavy (non-hydrogen) atoms. The number of nitrogens with zero attached hydrogens (tertiary/aromatic N) is 2. The van der Waals surface area contributed by atoms with Gasteiger partial charge in [0.25, 0.3) is 5.91 Å². The molecule has 0 unspecified atom stereocenters. The molecule has 0 aliphatic heterocycles. The van der Waals surface area contributed by atoms with Gasteiger partial charge in [-0.05, 0) is 55.2 Å². The highest BCUT2D eigenvalue weighted by Crippen LogP contribution is 2.38. The second kappa shape index (κ2) is 7.71. The quantitative estimate of drug-likeness (QED) is 0.792. The Kier molecular flexibility index (Phi) is 5.19. The molecule has 1 heterocycles. The minimum atomic E-state index is -0.274. The zero-order valence-electron chi connectivity index (χ0n) is 14.3. The van der Waals surface area contributed by atoms with Crippen LogP contribution < -0.4 is 5.32 Å². The van der Waals surface area contributed by atoms with Gasteiger partial charge in [-0.15, -0.1) is 0 Å². The molecule has 2 aromatic rings. The lowest BCUT2D eigenvalue weighted by Crippen LogP contribution is -2.21. The first-order chi connectivity index (χ1) is 12.2. The van der Waals surface area contributed by atoms with Crippen molar-refractivity contribution < 1.29 is 4.79 Å². The fourth-order valence-electron chi connectivity index (χ4n) is 2.50. The van der Waals surface area contributed by atoms with Crippen LogP contribution in [0.2, 0.25) is 0 Å². The number of anilines is 1. The van der Waals surface area contributed by atoms with E-state index in [4.69, 9.17) is 0 Å². The summed E-state index contributed by atoms with van der Waals surface area (Å²) < 4.78 is 0. The third-order valence-corrected chi connectivity index (χ3v) is 3.98. The van der Waals surface area contributed by atoms with Crippen molar-refractivity contribution in [3.05, 3.63) is 78.3 Å². The Morgan fingerprint density at radius 1 is 1.32 bits per heavy atom. The largest absolute Gasteiger partial charge is 0.321 e. The molecular formula is C21H21N3O. The van der Waals surface area contributed by atoms with Crippen LogP contribution in [-0.4, -0.2) is 16.6 Å². The van der Waals surface area contributed by atoms with E-state index in [1.165, 1.54) is 19.0 Å². The van der Waals surface area contributed by atoms with E-state index < -0.39 is 0 Å². The van der Waals surface area contributed by atoms with Gasteiger partial charge in [0.2, 0.25) is 0 Å². The Labute approximate surface area is 148 Å². The maximum absolute atomic E-state index is 12.4. The van der Waals surface area contributed by atoms with Crippen LogP contribution >= 0.6 is 0 Å². The number of amides is 1. The molecule has 1 aromatic carbocycles. The van der Waals surface area contributed by atoms with Crippen molar-refractivity contribution in [2.24, 2.45) is 4.99 Å². The smallest absolute Gasteiger partial charge is 0.274 e.